The molecule has 5 heteroatoms. The van der Waals surface area contributed by atoms with Gasteiger partial charge in [0.15, 0.2) is 0 Å². The van der Waals surface area contributed by atoms with Gasteiger partial charge in [-0.3, -0.25) is 0 Å². The summed E-state index contributed by atoms with van der Waals surface area (Å²) in [5.74, 6) is 0. The molecule has 0 amide bonds. The number of ether oxygens (including phenoxy) is 1. The maximum atomic E-state index is 14.4. The van der Waals surface area contributed by atoms with Crippen LogP contribution in [0.15, 0.2) is 25.3 Å². The fraction of sp³-hybridized carbons (Fsp3) is 0.733. The Bertz CT molecular complexity index is 366. The van der Waals surface area contributed by atoms with Crippen LogP contribution in [0.25, 0.3) is 0 Å². The van der Waals surface area contributed by atoms with Crippen LogP contribution in [0, 0.1) is 0 Å². The third-order valence-corrected chi connectivity index (χ3v) is 4.19. The van der Waals surface area contributed by atoms with Gasteiger partial charge >= 0.3 is 0 Å². The number of hydrogen-bond donors (Lipinski definition) is 2. The van der Waals surface area contributed by atoms with Gasteiger partial charge in [0.2, 0.25) is 0 Å². The minimum atomic E-state index is -1.20. The van der Waals surface area contributed by atoms with Crippen molar-refractivity contribution in [3.63, 3.8) is 0 Å². The molecule has 0 aromatic carbocycles. The van der Waals surface area contributed by atoms with Gasteiger partial charge in [0.05, 0.1) is 18.8 Å². The van der Waals surface area contributed by atoms with Crippen molar-refractivity contribution < 1.29 is 14.3 Å². The zero-order valence-electron chi connectivity index (χ0n) is 12.0. The quantitative estimate of drug-likeness (QED) is 0.733. The van der Waals surface area contributed by atoms with E-state index in [0.717, 1.165) is 0 Å². The van der Waals surface area contributed by atoms with E-state index in [1.54, 1.807) is 12.2 Å². The first-order chi connectivity index (χ1) is 9.51. The van der Waals surface area contributed by atoms with Crippen LogP contribution in [-0.2, 0) is 4.74 Å². The van der Waals surface area contributed by atoms with Gasteiger partial charge in [-0.25, -0.2) is 4.39 Å². The molecule has 3 unspecified atom stereocenters. The molecule has 114 valence electrons. The number of allylic oxidation sites excluding steroid dienone is 1. The highest BCUT2D eigenvalue weighted by Gasteiger charge is 2.44. The Hall–Kier alpha value is -0.750. The monoisotopic (exact) mass is 284 g/mol. The van der Waals surface area contributed by atoms with Crippen molar-refractivity contribution in [1.29, 1.82) is 0 Å². The Morgan fingerprint density at radius 2 is 2.15 bits per heavy atom. The van der Waals surface area contributed by atoms with E-state index in [1.165, 1.54) is 5.06 Å². The Kier molecular flexibility index (Phi) is 4.96. The van der Waals surface area contributed by atoms with Crippen molar-refractivity contribution in [2.45, 2.75) is 43.0 Å². The second-order valence-corrected chi connectivity index (χ2v) is 6.04. The molecule has 0 aliphatic carbocycles. The van der Waals surface area contributed by atoms with Gasteiger partial charge in [-0.15, -0.1) is 13.2 Å². The van der Waals surface area contributed by atoms with E-state index in [-0.39, 0.29) is 6.04 Å². The highest BCUT2D eigenvalue weighted by Crippen LogP contribution is 2.34. The lowest BCUT2D eigenvalue weighted by molar-refractivity contribution is -0.210. The summed E-state index contributed by atoms with van der Waals surface area (Å²) in [5.41, 5.74) is -1.67. The topological polar surface area (TPSA) is 44.7 Å². The zero-order chi connectivity index (χ0) is 14.6. The number of alkyl halides is 1. The van der Waals surface area contributed by atoms with Gasteiger partial charge in [-0.2, -0.15) is 5.06 Å². The van der Waals surface area contributed by atoms with Crippen molar-refractivity contribution in [2.24, 2.45) is 0 Å². The van der Waals surface area contributed by atoms with Crippen molar-refractivity contribution in [2.75, 3.05) is 26.2 Å². The Labute approximate surface area is 120 Å². The van der Waals surface area contributed by atoms with E-state index < -0.39 is 11.3 Å². The largest absolute Gasteiger partial charge is 0.372 e. The number of nitrogens with one attached hydrogen (secondary N) is 1. The maximum Gasteiger partial charge on any atom is 0.128 e. The summed E-state index contributed by atoms with van der Waals surface area (Å²) >= 11 is 0. The third-order valence-electron chi connectivity index (χ3n) is 4.19. The molecule has 20 heavy (non-hydrogen) atoms. The fourth-order valence-corrected chi connectivity index (χ4v) is 3.34. The van der Waals surface area contributed by atoms with Crippen LogP contribution in [-0.4, -0.2) is 53.8 Å². The summed E-state index contributed by atoms with van der Waals surface area (Å²) in [6.45, 7) is 9.19. The normalized spacial score (nSPS) is 38.8. The van der Waals surface area contributed by atoms with Crippen LogP contribution in [0.1, 0.15) is 25.7 Å². The highest BCUT2D eigenvalue weighted by atomic mass is 19.1. The highest BCUT2D eigenvalue weighted by molar-refractivity contribution is 5.03. The summed E-state index contributed by atoms with van der Waals surface area (Å²) < 4.78 is 20.4. The average Bonchev–Trinajstić information content (AvgIpc) is 2.71. The number of hydroxylamine groups is 2. The molecule has 3 atom stereocenters. The van der Waals surface area contributed by atoms with Gasteiger partial charge in [-0.1, -0.05) is 12.2 Å². The van der Waals surface area contributed by atoms with Gasteiger partial charge in [0, 0.05) is 25.6 Å². The van der Waals surface area contributed by atoms with Crippen molar-refractivity contribution in [1.82, 2.24) is 10.4 Å². The molecule has 2 fully saturated rings. The molecule has 0 bridgehead atoms. The predicted molar refractivity (Wildman–Crippen MR) is 76.5 cm³/mol. The van der Waals surface area contributed by atoms with Crippen LogP contribution in [0.5, 0.6) is 0 Å². The predicted octanol–water partition coefficient (Wildman–Crippen LogP) is 2.06. The summed E-state index contributed by atoms with van der Waals surface area (Å²) in [6.07, 6.45) is 5.61. The molecule has 2 N–H and O–H groups in total. The van der Waals surface area contributed by atoms with E-state index in [2.05, 4.69) is 18.5 Å². The Morgan fingerprint density at radius 1 is 1.40 bits per heavy atom. The second-order valence-electron chi connectivity index (χ2n) is 6.04. The number of rotatable bonds is 6. The Morgan fingerprint density at radius 3 is 2.80 bits per heavy atom. The summed E-state index contributed by atoms with van der Waals surface area (Å²) in [5, 5.41) is 14.3. The molecule has 2 saturated heterocycles. The number of nitrogens with zero attached hydrogens (tertiary/aromatic N) is 1. The minimum Gasteiger partial charge on any atom is -0.372 e. The molecule has 0 aromatic heterocycles. The Balaban J connectivity index is 1.99. The molecule has 2 aliphatic heterocycles. The molecule has 0 aromatic rings. The standard InChI is InChI=1S/C15H25FN2O2/c1-3-5-14(16)9-13(17-11-14)10-15(6-4-2)12-18(19)7-8-20-15/h3-4,13,17,19H,1-2,5-12H2. The van der Waals surface area contributed by atoms with Gasteiger partial charge in [0.1, 0.15) is 5.67 Å². The van der Waals surface area contributed by atoms with Crippen molar-refractivity contribution in [3.05, 3.63) is 25.3 Å². The van der Waals surface area contributed by atoms with Crippen LogP contribution >= 0.6 is 0 Å². The lowest BCUT2D eigenvalue weighted by Gasteiger charge is -2.41. The number of hydrogen-bond acceptors (Lipinski definition) is 4. The van der Waals surface area contributed by atoms with Gasteiger partial charge in [0.25, 0.3) is 0 Å². The number of halogens is 1. The summed E-state index contributed by atoms with van der Waals surface area (Å²) in [7, 11) is 0. The van der Waals surface area contributed by atoms with Gasteiger partial charge in [-0.05, 0) is 19.3 Å². The van der Waals surface area contributed by atoms with E-state index in [9.17, 15) is 9.60 Å². The van der Waals surface area contributed by atoms with Crippen LogP contribution < -0.4 is 5.32 Å². The molecule has 2 heterocycles. The van der Waals surface area contributed by atoms with Gasteiger partial charge < -0.3 is 15.3 Å². The average molecular weight is 284 g/mol. The summed E-state index contributed by atoms with van der Waals surface area (Å²) in [6, 6.07) is 0.0615. The SMILES string of the molecule is C=CCC1(F)CNC(CC2(CC=C)CN(O)CCO2)C1. The molecule has 4 nitrogen and oxygen atoms in total. The number of morpholine rings is 1. The zero-order valence-corrected chi connectivity index (χ0v) is 12.0. The van der Waals surface area contributed by atoms with Crippen LogP contribution in [0.3, 0.4) is 0 Å². The molecule has 0 spiro atoms. The first kappa shape index (κ1) is 15.6. The first-order valence-electron chi connectivity index (χ1n) is 7.23. The van der Waals surface area contributed by atoms with Crippen LogP contribution in [0.4, 0.5) is 4.39 Å². The van der Waals surface area contributed by atoms with E-state index in [1.807, 2.05) is 0 Å². The minimum absolute atomic E-state index is 0.0615. The van der Waals surface area contributed by atoms with Crippen molar-refractivity contribution >= 4 is 0 Å². The molecular formula is C15H25FN2O2. The lowest BCUT2D eigenvalue weighted by atomic mass is 9.87. The van der Waals surface area contributed by atoms with Crippen LogP contribution in [0.2, 0.25) is 0 Å². The molecule has 2 rings (SSSR count). The lowest BCUT2D eigenvalue weighted by Crippen LogP contribution is -2.52. The fourth-order valence-electron chi connectivity index (χ4n) is 3.34. The van der Waals surface area contributed by atoms with E-state index in [4.69, 9.17) is 4.74 Å². The second kappa shape index (κ2) is 6.35. The van der Waals surface area contributed by atoms with E-state index in [0.29, 0.717) is 51.9 Å². The molecular weight excluding hydrogens is 259 g/mol. The smallest absolute Gasteiger partial charge is 0.128 e. The molecule has 0 saturated carbocycles. The van der Waals surface area contributed by atoms with E-state index >= 15 is 0 Å². The first-order valence-corrected chi connectivity index (χ1v) is 7.23. The molecule has 2 aliphatic rings. The molecule has 0 radical (unpaired) electrons. The maximum absolute atomic E-state index is 14.4. The third kappa shape index (κ3) is 3.67. The summed E-state index contributed by atoms with van der Waals surface area (Å²) in [4.78, 5) is 0. The van der Waals surface area contributed by atoms with Crippen molar-refractivity contribution in [3.8, 4) is 0 Å².